The van der Waals surface area contributed by atoms with Gasteiger partial charge in [-0.3, -0.25) is 5.32 Å². The molecule has 4 nitrogen and oxygen atoms in total. The zero-order valence-corrected chi connectivity index (χ0v) is 12.2. The van der Waals surface area contributed by atoms with E-state index in [0.29, 0.717) is 6.42 Å². The molecule has 2 aromatic rings. The van der Waals surface area contributed by atoms with E-state index in [1.54, 1.807) is 0 Å². The maximum atomic E-state index is 9.65. The van der Waals surface area contributed by atoms with Crippen molar-refractivity contribution in [3.8, 4) is 6.07 Å². The highest BCUT2D eigenvalue weighted by atomic mass is 15.1. The van der Waals surface area contributed by atoms with Gasteiger partial charge in [-0.25, -0.2) is 4.98 Å². The van der Waals surface area contributed by atoms with Crippen LogP contribution in [-0.2, 0) is 12.1 Å². The summed E-state index contributed by atoms with van der Waals surface area (Å²) in [7, 11) is 1.84. The minimum atomic E-state index is -0.661. The van der Waals surface area contributed by atoms with Gasteiger partial charge in [0, 0.05) is 18.7 Å². The summed E-state index contributed by atoms with van der Waals surface area (Å²) in [5.74, 6) is 0. The number of nitrogens with one attached hydrogen (secondary N) is 1. The number of nitrogens with zero attached hydrogens (tertiary/aromatic N) is 3. The van der Waals surface area contributed by atoms with Crippen molar-refractivity contribution >= 4 is 0 Å². The van der Waals surface area contributed by atoms with Gasteiger partial charge < -0.3 is 4.57 Å². The van der Waals surface area contributed by atoms with Crippen LogP contribution in [0.1, 0.15) is 23.4 Å². The van der Waals surface area contributed by atoms with Gasteiger partial charge in [-0.2, -0.15) is 5.26 Å². The van der Waals surface area contributed by atoms with Crippen molar-refractivity contribution in [1.82, 2.24) is 14.9 Å². The minimum absolute atomic E-state index is 0.661. The monoisotopic (exact) mass is 268 g/mol. The van der Waals surface area contributed by atoms with Gasteiger partial charge in [0.15, 0.2) is 0 Å². The predicted octanol–water partition coefficient (Wildman–Crippen LogP) is 2.53. The molecule has 20 heavy (non-hydrogen) atoms. The molecule has 0 fully saturated rings. The van der Waals surface area contributed by atoms with Gasteiger partial charge in [0.1, 0.15) is 5.54 Å². The second-order valence-electron chi connectivity index (χ2n) is 4.99. The Morgan fingerprint density at radius 1 is 1.30 bits per heavy atom. The number of nitriles is 1. The molecule has 1 aromatic heterocycles. The molecule has 0 saturated heterocycles. The summed E-state index contributed by atoms with van der Waals surface area (Å²) >= 11 is 0. The molecule has 1 atom stereocenters. The summed E-state index contributed by atoms with van der Waals surface area (Å²) in [4.78, 5) is 4.30. The summed E-state index contributed by atoms with van der Waals surface area (Å²) in [6, 6.07) is 12.3. The third-order valence-corrected chi connectivity index (χ3v) is 3.96. The van der Waals surface area contributed by atoms with E-state index in [1.807, 2.05) is 50.6 Å². The lowest BCUT2D eigenvalue weighted by molar-refractivity contribution is 0.400. The average molecular weight is 268 g/mol. The van der Waals surface area contributed by atoms with E-state index < -0.39 is 5.54 Å². The fourth-order valence-corrected chi connectivity index (χ4v) is 2.37. The molecule has 104 valence electrons. The second kappa shape index (κ2) is 5.89. The van der Waals surface area contributed by atoms with Crippen LogP contribution in [0.5, 0.6) is 0 Å². The molecular formula is C16H20N4. The van der Waals surface area contributed by atoms with Crippen LogP contribution in [0.3, 0.4) is 0 Å². The van der Waals surface area contributed by atoms with Crippen molar-refractivity contribution in [3.63, 3.8) is 0 Å². The van der Waals surface area contributed by atoms with Gasteiger partial charge in [-0.15, -0.1) is 0 Å². The number of aromatic nitrogens is 2. The molecule has 0 spiro atoms. The number of hydrogen-bond donors (Lipinski definition) is 1. The third-order valence-electron chi connectivity index (χ3n) is 3.96. The Morgan fingerprint density at radius 3 is 2.50 bits per heavy atom. The van der Waals surface area contributed by atoms with Crippen molar-refractivity contribution in [1.29, 1.82) is 5.26 Å². The first-order chi connectivity index (χ1) is 9.63. The first-order valence-electron chi connectivity index (χ1n) is 6.77. The molecular weight excluding hydrogens is 248 g/mol. The van der Waals surface area contributed by atoms with E-state index in [-0.39, 0.29) is 0 Å². The molecule has 0 bridgehead atoms. The number of rotatable bonds is 5. The zero-order chi connectivity index (χ0) is 14.6. The largest absolute Gasteiger partial charge is 0.334 e. The molecule has 0 aliphatic heterocycles. The van der Waals surface area contributed by atoms with Gasteiger partial charge >= 0.3 is 0 Å². The lowest BCUT2D eigenvalue weighted by atomic mass is 9.88. The maximum Gasteiger partial charge on any atom is 0.133 e. The fraction of sp³-hybridized carbons (Fsp3) is 0.375. The summed E-state index contributed by atoms with van der Waals surface area (Å²) < 4.78 is 2.10. The van der Waals surface area contributed by atoms with Gasteiger partial charge in [-0.05, 0) is 26.5 Å². The van der Waals surface area contributed by atoms with Crippen LogP contribution in [-0.4, -0.2) is 16.6 Å². The molecule has 0 amide bonds. The molecule has 0 radical (unpaired) electrons. The summed E-state index contributed by atoms with van der Waals surface area (Å²) in [6.45, 7) is 4.81. The summed E-state index contributed by atoms with van der Waals surface area (Å²) in [5, 5.41) is 12.8. The molecule has 1 unspecified atom stereocenters. The second-order valence-corrected chi connectivity index (χ2v) is 4.99. The van der Waals surface area contributed by atoms with E-state index in [9.17, 15) is 5.26 Å². The van der Waals surface area contributed by atoms with Crippen LogP contribution < -0.4 is 5.32 Å². The number of benzene rings is 1. The Bertz CT molecular complexity index is 609. The van der Waals surface area contributed by atoms with Gasteiger partial charge in [-0.1, -0.05) is 30.3 Å². The quantitative estimate of drug-likeness (QED) is 0.906. The standard InChI is InChI=1S/C16H20N4/c1-13-14(2)20(12-19-13)10-9-16(11-17,18-3)15-7-5-4-6-8-15/h4-8,12,18H,9-10H2,1-3H3. The fourth-order valence-electron chi connectivity index (χ4n) is 2.37. The number of imidazole rings is 1. The highest BCUT2D eigenvalue weighted by Crippen LogP contribution is 2.25. The molecule has 0 saturated carbocycles. The van der Waals surface area contributed by atoms with E-state index >= 15 is 0 Å². The Labute approximate surface area is 120 Å². The van der Waals surface area contributed by atoms with Crippen molar-refractivity contribution in [2.75, 3.05) is 7.05 Å². The summed E-state index contributed by atoms with van der Waals surface area (Å²) in [6.07, 6.45) is 2.54. The van der Waals surface area contributed by atoms with Crippen LogP contribution in [0.2, 0.25) is 0 Å². The first-order valence-corrected chi connectivity index (χ1v) is 6.77. The minimum Gasteiger partial charge on any atom is -0.334 e. The zero-order valence-electron chi connectivity index (χ0n) is 12.2. The van der Waals surface area contributed by atoms with E-state index in [2.05, 4.69) is 27.9 Å². The molecule has 1 N–H and O–H groups in total. The summed E-state index contributed by atoms with van der Waals surface area (Å²) in [5.41, 5.74) is 2.53. The molecule has 0 aliphatic carbocycles. The lowest BCUT2D eigenvalue weighted by Crippen LogP contribution is -2.39. The van der Waals surface area contributed by atoms with Crippen molar-refractivity contribution in [2.24, 2.45) is 0 Å². The van der Waals surface area contributed by atoms with Gasteiger partial charge in [0.05, 0.1) is 18.1 Å². The third kappa shape index (κ3) is 2.59. The van der Waals surface area contributed by atoms with Crippen molar-refractivity contribution in [3.05, 3.63) is 53.6 Å². The Balaban J connectivity index is 2.23. The molecule has 1 aromatic carbocycles. The topological polar surface area (TPSA) is 53.6 Å². The maximum absolute atomic E-state index is 9.65. The van der Waals surface area contributed by atoms with E-state index in [0.717, 1.165) is 23.5 Å². The Morgan fingerprint density at radius 2 is 2.00 bits per heavy atom. The average Bonchev–Trinajstić information content (AvgIpc) is 2.82. The van der Waals surface area contributed by atoms with Crippen LogP contribution >= 0.6 is 0 Å². The lowest BCUT2D eigenvalue weighted by Gasteiger charge is -2.27. The first kappa shape index (κ1) is 14.3. The Kier molecular flexibility index (Phi) is 4.21. The normalized spacial score (nSPS) is 13.7. The van der Waals surface area contributed by atoms with Crippen LogP contribution in [0.4, 0.5) is 0 Å². The number of hydrogen-bond acceptors (Lipinski definition) is 3. The van der Waals surface area contributed by atoms with E-state index in [4.69, 9.17) is 0 Å². The number of aryl methyl sites for hydroxylation is 2. The van der Waals surface area contributed by atoms with E-state index in [1.165, 1.54) is 0 Å². The van der Waals surface area contributed by atoms with Gasteiger partial charge in [0.25, 0.3) is 0 Å². The van der Waals surface area contributed by atoms with Crippen LogP contribution in [0.15, 0.2) is 36.7 Å². The van der Waals surface area contributed by atoms with Crippen LogP contribution in [0, 0.1) is 25.2 Å². The Hall–Kier alpha value is -2.12. The van der Waals surface area contributed by atoms with Gasteiger partial charge in [0.2, 0.25) is 0 Å². The SMILES string of the molecule is CNC(C#N)(CCn1cnc(C)c1C)c1ccccc1. The molecule has 4 heteroatoms. The smallest absolute Gasteiger partial charge is 0.133 e. The van der Waals surface area contributed by atoms with Crippen LogP contribution in [0.25, 0.3) is 0 Å². The molecule has 2 rings (SSSR count). The highest BCUT2D eigenvalue weighted by molar-refractivity contribution is 5.31. The van der Waals surface area contributed by atoms with Crippen molar-refractivity contribution < 1.29 is 0 Å². The predicted molar refractivity (Wildman–Crippen MR) is 79.1 cm³/mol. The molecule has 1 heterocycles. The van der Waals surface area contributed by atoms with Crippen molar-refractivity contribution in [2.45, 2.75) is 32.4 Å². The molecule has 0 aliphatic rings. The highest BCUT2D eigenvalue weighted by Gasteiger charge is 2.30.